The lowest BCUT2D eigenvalue weighted by molar-refractivity contribution is -0.145. The van der Waals surface area contributed by atoms with Crippen LogP contribution in [-0.4, -0.2) is 62.9 Å². The van der Waals surface area contributed by atoms with Gasteiger partial charge in [-0.2, -0.15) is 4.31 Å². The van der Waals surface area contributed by atoms with Crippen molar-refractivity contribution in [3.63, 3.8) is 0 Å². The van der Waals surface area contributed by atoms with Gasteiger partial charge in [-0.05, 0) is 6.92 Å². The molecule has 1 saturated heterocycles. The summed E-state index contributed by atoms with van der Waals surface area (Å²) in [4.78, 5) is 58.1. The molecule has 1 aliphatic rings. The number of phosphoric acid groups is 2. The monoisotopic (exact) mass is 506 g/mol. The van der Waals surface area contributed by atoms with Gasteiger partial charge in [0.2, 0.25) is 0 Å². The van der Waals surface area contributed by atoms with E-state index in [9.17, 15) is 28.5 Å². The van der Waals surface area contributed by atoms with Crippen LogP contribution in [0, 0.1) is 6.92 Å². The first-order chi connectivity index (χ1) is 14.2. The Kier molecular flexibility index (Phi) is 6.71. The second-order valence-electron chi connectivity index (χ2n) is 6.29. The van der Waals surface area contributed by atoms with Crippen LogP contribution in [0.4, 0.5) is 0 Å². The number of ether oxygens (including phenoxy) is 2. The predicted molar refractivity (Wildman–Crippen MR) is 97.2 cm³/mol. The van der Waals surface area contributed by atoms with E-state index in [4.69, 9.17) is 24.2 Å². The number of rotatable bonds is 8. The highest BCUT2D eigenvalue weighted by molar-refractivity contribution is 7.68. The number of aromatic nitrogens is 4. The molecule has 6 N–H and O–H groups in total. The number of nitrogens with zero attached hydrogens (tertiary/aromatic N) is 3. The third-order valence-corrected chi connectivity index (χ3v) is 7.74. The Balaban J connectivity index is 1.67. The van der Waals surface area contributed by atoms with Crippen molar-refractivity contribution in [3.05, 3.63) is 22.5 Å². The van der Waals surface area contributed by atoms with Gasteiger partial charge in [-0.1, -0.05) is 0 Å². The molecule has 0 aliphatic carbocycles. The van der Waals surface area contributed by atoms with Gasteiger partial charge in [0.15, 0.2) is 30.0 Å². The summed E-state index contributed by atoms with van der Waals surface area (Å²) in [5.41, 5.74) is -0.411. The van der Waals surface area contributed by atoms with Gasteiger partial charge < -0.3 is 39.1 Å². The zero-order valence-electron chi connectivity index (χ0n) is 15.4. The summed E-state index contributed by atoms with van der Waals surface area (Å²) in [5.74, 6) is 0.281. The Morgan fingerprint density at radius 1 is 1.26 bits per heavy atom. The molecule has 5 atom stereocenters. The van der Waals surface area contributed by atoms with Gasteiger partial charge in [0.05, 0.1) is 6.33 Å². The van der Waals surface area contributed by atoms with Crippen LogP contribution in [0.5, 0.6) is 0 Å². The van der Waals surface area contributed by atoms with E-state index in [-0.39, 0.29) is 23.4 Å². The molecule has 17 nitrogen and oxygen atoms in total. The molecule has 0 radical (unpaired) electrons. The van der Waals surface area contributed by atoms with Crippen molar-refractivity contribution < 1.29 is 56.5 Å². The lowest BCUT2D eigenvalue weighted by atomic mass is 10.2. The standard InChI is InChI=1S/C11H17N4O13P3/c1-5-13-9-8(10(17)14-5)12-3-15(9)11-6(16)2-7(26-11)25-4-29(18,19)27-31(23,24)28-30(20,21)22/h3,6-7,11,16H,2,4H2,1H3,(H,18,19)(H,23,24)(H,13,14,17)(H2,20,21,22)/t6-,7-,11+/m0/s1. The molecule has 31 heavy (non-hydrogen) atoms. The average Bonchev–Trinajstić information content (AvgIpc) is 3.12. The smallest absolute Gasteiger partial charge is 0.388 e. The Morgan fingerprint density at radius 2 is 1.94 bits per heavy atom. The van der Waals surface area contributed by atoms with Crippen molar-refractivity contribution in [2.45, 2.75) is 32.0 Å². The van der Waals surface area contributed by atoms with E-state index in [0.29, 0.717) is 0 Å². The Labute approximate surface area is 172 Å². The first-order valence-corrected chi connectivity index (χ1v) is 13.0. The molecule has 20 heteroatoms. The summed E-state index contributed by atoms with van der Waals surface area (Å²) >= 11 is 0. The van der Waals surface area contributed by atoms with Crippen molar-refractivity contribution >= 4 is 34.4 Å². The normalized spacial score (nSPS) is 26.1. The van der Waals surface area contributed by atoms with Crippen LogP contribution in [0.15, 0.2) is 11.1 Å². The Hall–Kier alpha value is -1.32. The quantitative estimate of drug-likeness (QED) is 0.245. The molecule has 0 aromatic carbocycles. The third-order valence-electron chi connectivity index (χ3n) is 3.74. The van der Waals surface area contributed by atoms with Crippen LogP contribution in [-0.2, 0) is 31.8 Å². The topological polar surface area (TPSA) is 253 Å². The van der Waals surface area contributed by atoms with E-state index in [1.165, 1.54) is 17.8 Å². The van der Waals surface area contributed by atoms with E-state index < -0.39 is 53.8 Å². The number of aryl methyl sites for hydroxylation is 1. The fourth-order valence-corrected chi connectivity index (χ4v) is 6.00. The van der Waals surface area contributed by atoms with Crippen LogP contribution in [0.25, 0.3) is 11.2 Å². The molecule has 0 bridgehead atoms. The lowest BCUT2D eigenvalue weighted by Crippen LogP contribution is -2.20. The van der Waals surface area contributed by atoms with Crippen molar-refractivity contribution in [2.75, 3.05) is 6.35 Å². The number of aliphatic hydroxyl groups excluding tert-OH is 1. The van der Waals surface area contributed by atoms with Crippen LogP contribution in [0.3, 0.4) is 0 Å². The SMILES string of the molecule is Cc1nc2c(ncn2[C@@H]2O[C@H](OCP(=O)(O)OP(=O)(O)OP(=O)(O)O)C[C@@H]2O)c(=O)[nH]1. The molecule has 0 amide bonds. The maximum atomic E-state index is 11.9. The molecule has 2 unspecified atom stereocenters. The molecule has 0 saturated carbocycles. The number of nitrogens with one attached hydrogen (secondary N) is 1. The van der Waals surface area contributed by atoms with E-state index >= 15 is 0 Å². The Morgan fingerprint density at radius 3 is 2.58 bits per heavy atom. The van der Waals surface area contributed by atoms with Crippen molar-refractivity contribution in [1.82, 2.24) is 19.5 Å². The van der Waals surface area contributed by atoms with Gasteiger partial charge in [-0.25, -0.2) is 23.4 Å². The van der Waals surface area contributed by atoms with Crippen LogP contribution < -0.4 is 5.56 Å². The molecule has 1 aliphatic heterocycles. The maximum absolute atomic E-state index is 11.9. The first kappa shape index (κ1) is 24.3. The van der Waals surface area contributed by atoms with Gasteiger partial charge in [0.1, 0.15) is 11.9 Å². The zero-order valence-corrected chi connectivity index (χ0v) is 18.1. The highest BCUT2D eigenvalue weighted by atomic mass is 31.3. The summed E-state index contributed by atoms with van der Waals surface area (Å²) < 4.78 is 52.8. The number of hydrogen-bond donors (Lipinski definition) is 6. The van der Waals surface area contributed by atoms with Gasteiger partial charge in [-0.3, -0.25) is 13.9 Å². The fourth-order valence-electron chi connectivity index (χ4n) is 2.71. The second-order valence-corrected chi connectivity index (χ2v) is 11.0. The maximum Gasteiger partial charge on any atom is 0.488 e. The van der Waals surface area contributed by atoms with Crippen LogP contribution >= 0.6 is 23.2 Å². The number of hydrogen-bond acceptors (Lipinski definition) is 11. The minimum atomic E-state index is -5.60. The number of aromatic amines is 1. The molecule has 0 spiro atoms. The fraction of sp³-hybridized carbons (Fsp3) is 0.545. The van der Waals surface area contributed by atoms with E-state index in [0.717, 1.165) is 0 Å². The molecular formula is C11H17N4O13P3. The summed E-state index contributed by atoms with van der Waals surface area (Å²) in [6, 6.07) is 0. The number of H-pyrrole nitrogens is 1. The van der Waals surface area contributed by atoms with Crippen LogP contribution in [0.2, 0.25) is 0 Å². The summed E-state index contributed by atoms with van der Waals surface area (Å²) in [6.45, 7) is 1.53. The number of imidazole rings is 1. The molecule has 3 heterocycles. The van der Waals surface area contributed by atoms with Crippen LogP contribution in [0.1, 0.15) is 18.5 Å². The molecule has 174 valence electrons. The molecular weight excluding hydrogens is 489 g/mol. The molecule has 3 rings (SSSR count). The van der Waals surface area contributed by atoms with Crippen molar-refractivity contribution in [1.29, 1.82) is 0 Å². The highest BCUT2D eigenvalue weighted by Crippen LogP contribution is 2.66. The Bertz CT molecular complexity index is 1170. The van der Waals surface area contributed by atoms with E-state index in [1.807, 2.05) is 0 Å². The van der Waals surface area contributed by atoms with E-state index in [2.05, 4.69) is 23.6 Å². The molecule has 2 aromatic rings. The lowest BCUT2D eigenvalue weighted by Gasteiger charge is -2.19. The largest absolute Gasteiger partial charge is 0.488 e. The van der Waals surface area contributed by atoms with Crippen molar-refractivity contribution in [3.8, 4) is 0 Å². The minimum Gasteiger partial charge on any atom is -0.388 e. The zero-order chi connectivity index (χ0) is 23.2. The first-order valence-electron chi connectivity index (χ1n) is 8.17. The average molecular weight is 506 g/mol. The van der Waals surface area contributed by atoms with E-state index in [1.54, 1.807) is 0 Å². The molecule has 2 aromatic heterocycles. The minimum absolute atomic E-state index is 0.0113. The van der Waals surface area contributed by atoms with Crippen molar-refractivity contribution in [2.24, 2.45) is 0 Å². The number of aliphatic hydroxyl groups is 1. The molecule has 1 fully saturated rings. The van der Waals surface area contributed by atoms with Gasteiger partial charge in [-0.15, -0.1) is 0 Å². The summed E-state index contributed by atoms with van der Waals surface area (Å²) in [7, 11) is -16.1. The van der Waals surface area contributed by atoms with Gasteiger partial charge in [0, 0.05) is 6.42 Å². The number of fused-ring (bicyclic) bond motifs is 1. The summed E-state index contributed by atoms with van der Waals surface area (Å²) in [5, 5.41) is 10.3. The second kappa shape index (κ2) is 8.56. The highest BCUT2D eigenvalue weighted by Gasteiger charge is 2.42. The third kappa shape index (κ3) is 6.14. The van der Waals surface area contributed by atoms with Gasteiger partial charge >= 0.3 is 23.2 Å². The predicted octanol–water partition coefficient (Wildman–Crippen LogP) is -0.580. The van der Waals surface area contributed by atoms with Gasteiger partial charge in [0.25, 0.3) is 5.56 Å². The summed E-state index contributed by atoms with van der Waals surface area (Å²) in [6.07, 6.45) is -3.92.